The van der Waals surface area contributed by atoms with Crippen LogP contribution in [0.15, 0.2) is 12.1 Å². The van der Waals surface area contributed by atoms with E-state index < -0.39 is 0 Å². The van der Waals surface area contributed by atoms with Crippen molar-refractivity contribution in [1.29, 1.82) is 0 Å². The van der Waals surface area contributed by atoms with E-state index in [2.05, 4.69) is 5.32 Å². The minimum absolute atomic E-state index is 0.0166. The van der Waals surface area contributed by atoms with Gasteiger partial charge in [-0.25, -0.2) is 0 Å². The topological polar surface area (TPSA) is 105 Å². The predicted octanol–water partition coefficient (Wildman–Crippen LogP) is 1.73. The molecule has 0 spiro atoms. The zero-order valence-electron chi connectivity index (χ0n) is 14.0. The lowest BCUT2D eigenvalue weighted by Crippen LogP contribution is -2.41. The van der Waals surface area contributed by atoms with E-state index in [0.717, 1.165) is 36.8 Å². The highest BCUT2D eigenvalue weighted by Gasteiger charge is 2.36. The highest BCUT2D eigenvalue weighted by molar-refractivity contribution is 5.73. The van der Waals surface area contributed by atoms with Gasteiger partial charge >= 0.3 is 0 Å². The van der Waals surface area contributed by atoms with Crippen LogP contribution in [0.1, 0.15) is 49.8 Å². The number of nitrogens with two attached hydrogens (primary N) is 1. The number of aromatic hydroxyl groups is 2. The Labute approximate surface area is 142 Å². The van der Waals surface area contributed by atoms with Gasteiger partial charge in [-0.3, -0.25) is 4.79 Å². The van der Waals surface area contributed by atoms with E-state index in [1.165, 1.54) is 6.07 Å². The molecule has 2 atom stereocenters. The van der Waals surface area contributed by atoms with Crippen LogP contribution in [0.2, 0.25) is 0 Å². The first kappa shape index (κ1) is 17.0. The lowest BCUT2D eigenvalue weighted by atomic mass is 9.78. The van der Waals surface area contributed by atoms with Crippen LogP contribution in [-0.2, 0) is 16.0 Å². The Morgan fingerprint density at radius 2 is 2.00 bits per heavy atom. The number of benzene rings is 1. The molecule has 1 fully saturated rings. The summed E-state index contributed by atoms with van der Waals surface area (Å²) < 4.78 is 6.21. The summed E-state index contributed by atoms with van der Waals surface area (Å²) in [5.41, 5.74) is 7.48. The average molecular weight is 334 g/mol. The lowest BCUT2D eigenvalue weighted by molar-refractivity contribution is -0.120. The number of fused-ring (bicyclic) bond motifs is 1. The molecule has 2 unspecified atom stereocenters. The second kappa shape index (κ2) is 6.99. The van der Waals surface area contributed by atoms with Crippen LogP contribution in [0.5, 0.6) is 11.5 Å². The van der Waals surface area contributed by atoms with Gasteiger partial charge in [-0.05, 0) is 43.2 Å². The zero-order chi connectivity index (χ0) is 17.3. The minimum atomic E-state index is -0.252. The van der Waals surface area contributed by atoms with E-state index in [-0.39, 0.29) is 35.7 Å². The number of carbonyl (C=O) groups is 1. The van der Waals surface area contributed by atoms with Gasteiger partial charge < -0.3 is 26.0 Å². The molecule has 0 aromatic heterocycles. The van der Waals surface area contributed by atoms with Crippen LogP contribution < -0.4 is 11.1 Å². The summed E-state index contributed by atoms with van der Waals surface area (Å²) in [4.78, 5) is 11.2. The number of phenolic OH excluding ortho intramolecular Hbond substituents is 2. The van der Waals surface area contributed by atoms with Crippen molar-refractivity contribution in [3.63, 3.8) is 0 Å². The largest absolute Gasteiger partial charge is 0.504 e. The molecule has 5 N–H and O–H groups in total. The summed E-state index contributed by atoms with van der Waals surface area (Å²) in [6.07, 6.45) is 4.15. The molecule has 1 aliphatic carbocycles. The van der Waals surface area contributed by atoms with Crippen LogP contribution in [0.25, 0.3) is 0 Å². The smallest absolute Gasteiger partial charge is 0.217 e. The molecule has 0 saturated heterocycles. The molecular formula is C18H26N2O4. The van der Waals surface area contributed by atoms with Crippen molar-refractivity contribution in [2.24, 2.45) is 11.7 Å². The van der Waals surface area contributed by atoms with E-state index in [0.29, 0.717) is 18.9 Å². The molecule has 24 heavy (non-hydrogen) atoms. The molecule has 1 saturated carbocycles. The maximum absolute atomic E-state index is 11.2. The van der Waals surface area contributed by atoms with Gasteiger partial charge in [-0.1, -0.05) is 6.07 Å². The van der Waals surface area contributed by atoms with Gasteiger partial charge in [-0.15, -0.1) is 0 Å². The normalized spacial score (nSPS) is 29.8. The van der Waals surface area contributed by atoms with E-state index in [1.54, 1.807) is 13.0 Å². The van der Waals surface area contributed by atoms with E-state index in [9.17, 15) is 15.0 Å². The number of amides is 1. The third-order valence-electron chi connectivity index (χ3n) is 5.31. The van der Waals surface area contributed by atoms with Crippen LogP contribution in [-0.4, -0.2) is 34.8 Å². The van der Waals surface area contributed by atoms with Gasteiger partial charge in [-0.2, -0.15) is 0 Å². The summed E-state index contributed by atoms with van der Waals surface area (Å²) >= 11 is 0. The van der Waals surface area contributed by atoms with Gasteiger partial charge in [0.2, 0.25) is 5.91 Å². The fourth-order valence-electron chi connectivity index (χ4n) is 4.07. The highest BCUT2D eigenvalue weighted by atomic mass is 16.5. The number of phenols is 2. The van der Waals surface area contributed by atoms with Gasteiger partial charge in [0.15, 0.2) is 11.5 Å². The molecule has 1 aromatic rings. The lowest BCUT2D eigenvalue weighted by Gasteiger charge is -2.39. The molecule has 3 rings (SSSR count). The first-order chi connectivity index (χ1) is 11.5. The first-order valence-electron chi connectivity index (χ1n) is 8.66. The van der Waals surface area contributed by atoms with E-state index >= 15 is 0 Å². The summed E-state index contributed by atoms with van der Waals surface area (Å²) in [7, 11) is 0. The molecule has 6 heteroatoms. The van der Waals surface area contributed by atoms with E-state index in [4.69, 9.17) is 10.5 Å². The molecule has 132 valence electrons. The standard InChI is InChI=1S/C18H26N2O4/c1-10(21)20-12-4-2-11(3-5-12)16-8-14-13(17(9-19)24-16)6-7-15(22)18(14)23/h6-7,11-12,16-17,22-23H,2-5,8-9,19H2,1H3,(H,20,21). The van der Waals surface area contributed by atoms with Gasteiger partial charge in [0.1, 0.15) is 0 Å². The van der Waals surface area contributed by atoms with Crippen LogP contribution in [0.4, 0.5) is 0 Å². The molecule has 0 radical (unpaired) electrons. The molecular weight excluding hydrogens is 308 g/mol. The fourth-order valence-corrected chi connectivity index (χ4v) is 4.07. The molecule has 1 amide bonds. The summed E-state index contributed by atoms with van der Waals surface area (Å²) in [5, 5.41) is 23.0. The van der Waals surface area contributed by atoms with Crippen molar-refractivity contribution in [3.8, 4) is 11.5 Å². The highest BCUT2D eigenvalue weighted by Crippen LogP contribution is 2.43. The Bertz CT molecular complexity index is 611. The van der Waals surface area contributed by atoms with Crippen LogP contribution in [0.3, 0.4) is 0 Å². The third-order valence-corrected chi connectivity index (χ3v) is 5.31. The Balaban J connectivity index is 1.72. The third kappa shape index (κ3) is 3.35. The van der Waals surface area contributed by atoms with Gasteiger partial charge in [0.05, 0.1) is 12.2 Å². The van der Waals surface area contributed by atoms with Crippen LogP contribution >= 0.6 is 0 Å². The molecule has 2 aliphatic rings. The Morgan fingerprint density at radius 3 is 2.62 bits per heavy atom. The van der Waals surface area contributed by atoms with Crippen molar-refractivity contribution in [1.82, 2.24) is 5.32 Å². The second-order valence-electron chi connectivity index (χ2n) is 6.92. The Morgan fingerprint density at radius 1 is 1.29 bits per heavy atom. The maximum Gasteiger partial charge on any atom is 0.217 e. The number of ether oxygens (including phenoxy) is 1. The molecule has 1 heterocycles. The molecule has 0 bridgehead atoms. The predicted molar refractivity (Wildman–Crippen MR) is 89.7 cm³/mol. The quantitative estimate of drug-likeness (QED) is 0.630. The molecule has 1 aliphatic heterocycles. The maximum atomic E-state index is 11.2. The minimum Gasteiger partial charge on any atom is -0.504 e. The zero-order valence-corrected chi connectivity index (χ0v) is 14.0. The van der Waals surface area contributed by atoms with E-state index in [1.807, 2.05) is 0 Å². The van der Waals surface area contributed by atoms with Crippen LogP contribution in [0, 0.1) is 5.92 Å². The summed E-state index contributed by atoms with van der Waals surface area (Å²) in [6, 6.07) is 3.52. The van der Waals surface area contributed by atoms with Crippen molar-refractivity contribution in [3.05, 3.63) is 23.3 Å². The monoisotopic (exact) mass is 334 g/mol. The average Bonchev–Trinajstić information content (AvgIpc) is 2.57. The number of hydrogen-bond acceptors (Lipinski definition) is 5. The number of nitrogens with one attached hydrogen (secondary N) is 1. The molecule has 1 aromatic carbocycles. The Kier molecular flexibility index (Phi) is 4.96. The summed E-state index contributed by atoms with van der Waals surface area (Å²) in [6.45, 7) is 1.89. The number of carbonyl (C=O) groups excluding carboxylic acids is 1. The molecule has 6 nitrogen and oxygen atoms in total. The first-order valence-corrected chi connectivity index (χ1v) is 8.66. The van der Waals surface area contributed by atoms with Crippen molar-refractivity contribution in [2.75, 3.05) is 6.54 Å². The number of hydrogen-bond donors (Lipinski definition) is 4. The van der Waals surface area contributed by atoms with Gasteiger partial charge in [0, 0.05) is 31.5 Å². The van der Waals surface area contributed by atoms with Crippen molar-refractivity contribution in [2.45, 2.75) is 57.3 Å². The number of rotatable bonds is 3. The van der Waals surface area contributed by atoms with Crippen molar-refractivity contribution >= 4 is 5.91 Å². The SMILES string of the molecule is CC(=O)NC1CCC(C2Cc3c(ccc(O)c3O)C(CN)O2)CC1. The summed E-state index contributed by atoms with van der Waals surface area (Å²) in [5.74, 6) is 0.245. The second-order valence-corrected chi connectivity index (χ2v) is 6.92. The Hall–Kier alpha value is -1.79. The van der Waals surface area contributed by atoms with Gasteiger partial charge in [0.25, 0.3) is 0 Å². The fraction of sp³-hybridized carbons (Fsp3) is 0.611. The van der Waals surface area contributed by atoms with Crippen molar-refractivity contribution < 1.29 is 19.7 Å².